The van der Waals surface area contributed by atoms with Gasteiger partial charge in [0, 0.05) is 26.1 Å². The molecule has 2 aliphatic rings. The summed E-state index contributed by atoms with van der Waals surface area (Å²) in [7, 11) is 0. The van der Waals surface area contributed by atoms with Crippen molar-refractivity contribution in [2.24, 2.45) is 0 Å². The van der Waals surface area contributed by atoms with Crippen LogP contribution in [0.1, 0.15) is 6.42 Å². The van der Waals surface area contributed by atoms with Crippen LogP contribution in [0.15, 0.2) is 42.5 Å². The maximum Gasteiger partial charge on any atom is 0.265 e. The number of para-hydroxylation sites is 3. The van der Waals surface area contributed by atoms with Crippen molar-refractivity contribution in [3.05, 3.63) is 47.5 Å². The summed E-state index contributed by atoms with van der Waals surface area (Å²) in [6.45, 7) is 2.93. The van der Waals surface area contributed by atoms with Crippen LogP contribution in [-0.4, -0.2) is 51.3 Å². The maximum atomic E-state index is 12.7. The molecule has 2 aromatic rings. The number of nitrogens with one attached hydrogen (secondary N) is 1. The molecule has 152 valence electrons. The Morgan fingerprint density at radius 3 is 2.72 bits per heavy atom. The van der Waals surface area contributed by atoms with E-state index in [0.29, 0.717) is 48.5 Å². The number of fused-ring (bicyclic) bond motifs is 1. The van der Waals surface area contributed by atoms with Gasteiger partial charge in [-0.2, -0.15) is 0 Å². The zero-order chi connectivity index (χ0) is 20.2. The van der Waals surface area contributed by atoms with E-state index in [4.69, 9.17) is 21.1 Å². The predicted octanol–water partition coefficient (Wildman–Crippen LogP) is 2.93. The van der Waals surface area contributed by atoms with Crippen molar-refractivity contribution in [2.45, 2.75) is 6.42 Å². The van der Waals surface area contributed by atoms with Gasteiger partial charge in [0.05, 0.1) is 35.3 Å². The molecule has 8 heteroatoms. The van der Waals surface area contributed by atoms with Crippen molar-refractivity contribution in [1.29, 1.82) is 0 Å². The average molecular weight is 416 g/mol. The molecule has 1 saturated heterocycles. The molecule has 1 N–H and O–H groups in total. The van der Waals surface area contributed by atoms with Gasteiger partial charge >= 0.3 is 0 Å². The van der Waals surface area contributed by atoms with Crippen LogP contribution in [0.4, 0.5) is 17.1 Å². The van der Waals surface area contributed by atoms with Gasteiger partial charge in [0.25, 0.3) is 5.91 Å². The molecular formula is C21H22ClN3O4. The quantitative estimate of drug-likeness (QED) is 0.813. The summed E-state index contributed by atoms with van der Waals surface area (Å²) in [5.74, 6) is 0.309. The first-order valence-corrected chi connectivity index (χ1v) is 9.94. The molecule has 1 fully saturated rings. The fourth-order valence-corrected chi connectivity index (χ4v) is 3.84. The van der Waals surface area contributed by atoms with Crippen LogP contribution >= 0.6 is 11.6 Å². The molecule has 0 unspecified atom stereocenters. The van der Waals surface area contributed by atoms with Gasteiger partial charge in [0.15, 0.2) is 6.61 Å². The number of benzene rings is 2. The molecule has 2 aromatic carbocycles. The smallest absolute Gasteiger partial charge is 0.265 e. The number of rotatable bonds is 5. The monoisotopic (exact) mass is 415 g/mol. The molecule has 29 heavy (non-hydrogen) atoms. The predicted molar refractivity (Wildman–Crippen MR) is 112 cm³/mol. The lowest BCUT2D eigenvalue weighted by Gasteiger charge is -2.31. The number of morpholine rings is 1. The highest BCUT2D eigenvalue weighted by Crippen LogP contribution is 2.35. The fourth-order valence-electron chi connectivity index (χ4n) is 3.55. The number of carbonyl (C=O) groups excluding carboxylic acids is 2. The second-order valence-electron chi connectivity index (χ2n) is 6.84. The lowest BCUT2D eigenvalue weighted by molar-refractivity contribution is -0.121. The molecule has 7 nitrogen and oxygen atoms in total. The Hall–Kier alpha value is -2.77. The molecular weight excluding hydrogens is 394 g/mol. The summed E-state index contributed by atoms with van der Waals surface area (Å²) in [6, 6.07) is 12.8. The minimum absolute atomic E-state index is 0.0197. The number of hydrogen-bond acceptors (Lipinski definition) is 5. The van der Waals surface area contributed by atoms with Crippen LogP contribution in [0.2, 0.25) is 5.02 Å². The minimum atomic E-state index is -0.182. The first-order valence-electron chi connectivity index (χ1n) is 9.57. The van der Waals surface area contributed by atoms with Gasteiger partial charge in [-0.15, -0.1) is 0 Å². The van der Waals surface area contributed by atoms with E-state index in [-0.39, 0.29) is 31.4 Å². The van der Waals surface area contributed by atoms with Crippen LogP contribution in [-0.2, 0) is 14.3 Å². The van der Waals surface area contributed by atoms with Crippen molar-refractivity contribution in [3.63, 3.8) is 0 Å². The number of anilines is 3. The van der Waals surface area contributed by atoms with E-state index in [1.165, 1.54) is 0 Å². The van der Waals surface area contributed by atoms with Gasteiger partial charge in [-0.1, -0.05) is 29.8 Å². The number of nitrogens with zero attached hydrogens (tertiary/aromatic N) is 2. The molecule has 0 saturated carbocycles. The molecule has 0 spiro atoms. The number of carbonyl (C=O) groups is 2. The minimum Gasteiger partial charge on any atom is -0.482 e. The van der Waals surface area contributed by atoms with E-state index < -0.39 is 0 Å². The summed E-state index contributed by atoms with van der Waals surface area (Å²) >= 11 is 6.42. The third-order valence-electron chi connectivity index (χ3n) is 4.96. The number of halogens is 1. The third kappa shape index (κ3) is 4.31. The van der Waals surface area contributed by atoms with Crippen LogP contribution < -0.4 is 19.9 Å². The Kier molecular flexibility index (Phi) is 5.87. The Bertz CT molecular complexity index is 915. The topological polar surface area (TPSA) is 71.1 Å². The number of amides is 2. The lowest BCUT2D eigenvalue weighted by atomic mass is 10.2. The molecule has 2 heterocycles. The zero-order valence-corrected chi connectivity index (χ0v) is 16.7. The fraction of sp³-hybridized carbons (Fsp3) is 0.333. The second-order valence-corrected chi connectivity index (χ2v) is 7.24. The Labute approximate surface area is 174 Å². The average Bonchev–Trinajstić information content (AvgIpc) is 2.74. The highest BCUT2D eigenvalue weighted by Gasteiger charge is 2.26. The van der Waals surface area contributed by atoms with Crippen molar-refractivity contribution in [1.82, 2.24) is 0 Å². The Balaban J connectivity index is 1.45. The second kappa shape index (κ2) is 8.71. The SMILES string of the molecule is O=C(CCN1C(=O)COc2ccccc21)Nc1cccc(Cl)c1N1CCOCC1. The van der Waals surface area contributed by atoms with Gasteiger partial charge in [0.1, 0.15) is 5.75 Å². The van der Waals surface area contributed by atoms with Crippen LogP contribution in [0.5, 0.6) is 5.75 Å². The van der Waals surface area contributed by atoms with Crippen LogP contribution in [0, 0.1) is 0 Å². The van der Waals surface area contributed by atoms with E-state index in [1.54, 1.807) is 4.90 Å². The summed E-state index contributed by atoms with van der Waals surface area (Å²) in [4.78, 5) is 28.6. The number of hydrogen-bond donors (Lipinski definition) is 1. The Morgan fingerprint density at radius 1 is 1.10 bits per heavy atom. The van der Waals surface area contributed by atoms with Gasteiger partial charge in [-0.05, 0) is 24.3 Å². The number of ether oxygens (including phenoxy) is 2. The van der Waals surface area contributed by atoms with Crippen molar-refractivity contribution in [2.75, 3.05) is 54.6 Å². The summed E-state index contributed by atoms with van der Waals surface area (Å²) in [5, 5.41) is 3.54. The standard InChI is InChI=1S/C21H22ClN3O4/c22-15-4-3-5-16(21(15)24-10-12-28-13-11-24)23-19(26)8-9-25-17-6-1-2-7-18(17)29-14-20(25)27/h1-7H,8-14H2,(H,23,26). The highest BCUT2D eigenvalue weighted by atomic mass is 35.5. The first kappa shape index (κ1) is 19.5. The molecule has 0 radical (unpaired) electrons. The zero-order valence-electron chi connectivity index (χ0n) is 15.9. The largest absolute Gasteiger partial charge is 0.482 e. The molecule has 2 amide bonds. The van der Waals surface area contributed by atoms with Crippen LogP contribution in [0.25, 0.3) is 0 Å². The lowest BCUT2D eigenvalue weighted by Crippen LogP contribution is -2.40. The maximum absolute atomic E-state index is 12.7. The molecule has 4 rings (SSSR count). The van der Waals surface area contributed by atoms with E-state index in [0.717, 1.165) is 5.69 Å². The highest BCUT2D eigenvalue weighted by molar-refractivity contribution is 6.34. The van der Waals surface area contributed by atoms with Gasteiger partial charge in [0.2, 0.25) is 5.91 Å². The summed E-state index contributed by atoms with van der Waals surface area (Å²) < 4.78 is 10.8. The van der Waals surface area contributed by atoms with Crippen molar-refractivity contribution in [3.8, 4) is 5.75 Å². The van der Waals surface area contributed by atoms with E-state index >= 15 is 0 Å². The molecule has 0 aliphatic carbocycles. The summed E-state index contributed by atoms with van der Waals surface area (Å²) in [5.41, 5.74) is 2.16. The first-order chi connectivity index (χ1) is 14.1. The molecule has 0 bridgehead atoms. The molecule has 2 aliphatic heterocycles. The van der Waals surface area contributed by atoms with Crippen LogP contribution in [0.3, 0.4) is 0 Å². The normalized spacial score (nSPS) is 16.2. The van der Waals surface area contributed by atoms with Gasteiger partial charge in [-0.3, -0.25) is 9.59 Å². The molecule has 0 aromatic heterocycles. The molecule has 0 atom stereocenters. The van der Waals surface area contributed by atoms with E-state index in [2.05, 4.69) is 10.2 Å². The van der Waals surface area contributed by atoms with Crippen molar-refractivity contribution < 1.29 is 19.1 Å². The van der Waals surface area contributed by atoms with Gasteiger partial charge < -0.3 is 24.6 Å². The van der Waals surface area contributed by atoms with Gasteiger partial charge in [-0.25, -0.2) is 0 Å². The summed E-state index contributed by atoms with van der Waals surface area (Å²) in [6.07, 6.45) is 0.162. The third-order valence-corrected chi connectivity index (χ3v) is 5.26. The van der Waals surface area contributed by atoms with E-state index in [9.17, 15) is 9.59 Å². The van der Waals surface area contributed by atoms with E-state index in [1.807, 2.05) is 42.5 Å². The Morgan fingerprint density at radius 2 is 1.90 bits per heavy atom. The van der Waals surface area contributed by atoms with Crippen molar-refractivity contribution >= 4 is 40.5 Å².